The van der Waals surface area contributed by atoms with Crippen LogP contribution in [0.2, 0.25) is 0 Å². The number of nitrogens with one attached hydrogen (secondary N) is 1. The quantitative estimate of drug-likeness (QED) is 0.587. The number of pyridine rings is 1. The molecule has 0 aliphatic carbocycles. The van der Waals surface area contributed by atoms with Crippen molar-refractivity contribution < 1.29 is 4.79 Å². The molecule has 0 amide bonds. The minimum Gasteiger partial charge on any atom is -0.301 e. The van der Waals surface area contributed by atoms with Crippen molar-refractivity contribution in [2.45, 2.75) is 12.6 Å². The molecule has 56 valence electrons. The number of fused-ring (bicyclic) bond motifs is 1. The van der Waals surface area contributed by atoms with Crippen LogP contribution in [-0.4, -0.2) is 11.3 Å². The first-order valence-corrected chi connectivity index (χ1v) is 3.53. The number of aldehydes is 1. The largest absolute Gasteiger partial charge is 0.301 e. The minimum atomic E-state index is -0.140. The molecule has 1 N–H and O–H groups in total. The molecule has 3 nitrogen and oxygen atoms in total. The van der Waals surface area contributed by atoms with Gasteiger partial charge in [0.25, 0.3) is 0 Å². The molecule has 1 aliphatic rings. The van der Waals surface area contributed by atoms with Gasteiger partial charge in [-0.05, 0) is 17.2 Å². The van der Waals surface area contributed by atoms with E-state index in [4.69, 9.17) is 0 Å². The van der Waals surface area contributed by atoms with E-state index in [1.165, 1.54) is 5.56 Å². The molecule has 2 rings (SSSR count). The SMILES string of the molecule is O=CC1NCc2ccncc21. The molecule has 1 atom stereocenters. The van der Waals surface area contributed by atoms with Gasteiger partial charge in [0.05, 0.1) is 6.04 Å². The number of carbonyl (C=O) groups is 1. The highest BCUT2D eigenvalue weighted by atomic mass is 16.1. The van der Waals surface area contributed by atoms with E-state index in [0.717, 1.165) is 18.4 Å². The highest BCUT2D eigenvalue weighted by molar-refractivity contribution is 5.63. The third kappa shape index (κ3) is 0.935. The predicted molar refractivity (Wildman–Crippen MR) is 39.9 cm³/mol. The van der Waals surface area contributed by atoms with E-state index in [1.807, 2.05) is 6.07 Å². The van der Waals surface area contributed by atoms with Gasteiger partial charge in [0.15, 0.2) is 0 Å². The molecule has 0 saturated heterocycles. The number of aromatic nitrogens is 1. The maximum atomic E-state index is 10.5. The van der Waals surface area contributed by atoms with Crippen LogP contribution < -0.4 is 5.32 Å². The Kier molecular flexibility index (Phi) is 1.43. The molecule has 1 aromatic rings. The molecule has 0 bridgehead atoms. The van der Waals surface area contributed by atoms with Crippen LogP contribution in [0.1, 0.15) is 17.2 Å². The summed E-state index contributed by atoms with van der Waals surface area (Å²) < 4.78 is 0. The molecule has 11 heavy (non-hydrogen) atoms. The molecule has 0 saturated carbocycles. The van der Waals surface area contributed by atoms with Crippen molar-refractivity contribution in [3.63, 3.8) is 0 Å². The van der Waals surface area contributed by atoms with Crippen molar-refractivity contribution in [2.24, 2.45) is 0 Å². The molecule has 1 unspecified atom stereocenters. The Morgan fingerprint density at radius 2 is 2.64 bits per heavy atom. The van der Waals surface area contributed by atoms with E-state index in [-0.39, 0.29) is 6.04 Å². The summed E-state index contributed by atoms with van der Waals surface area (Å²) in [5, 5.41) is 3.06. The highest BCUT2D eigenvalue weighted by Gasteiger charge is 2.20. The summed E-state index contributed by atoms with van der Waals surface area (Å²) in [6.45, 7) is 0.779. The third-order valence-electron chi connectivity index (χ3n) is 1.93. The van der Waals surface area contributed by atoms with Crippen LogP contribution in [0.4, 0.5) is 0 Å². The standard InChI is InChI=1S/C8H8N2O/c11-5-8-7-4-9-2-1-6(7)3-10-8/h1-2,4-5,8,10H,3H2. The molecule has 0 radical (unpaired) electrons. The third-order valence-corrected chi connectivity index (χ3v) is 1.93. The Hall–Kier alpha value is -1.22. The molecule has 0 fully saturated rings. The van der Waals surface area contributed by atoms with Gasteiger partial charge in [-0.15, -0.1) is 0 Å². The van der Waals surface area contributed by atoms with Gasteiger partial charge in [0, 0.05) is 18.9 Å². The lowest BCUT2D eigenvalue weighted by atomic mass is 10.1. The van der Waals surface area contributed by atoms with Gasteiger partial charge in [-0.3, -0.25) is 10.3 Å². The van der Waals surface area contributed by atoms with E-state index in [0.29, 0.717) is 0 Å². The summed E-state index contributed by atoms with van der Waals surface area (Å²) in [6.07, 6.45) is 4.40. The summed E-state index contributed by atoms with van der Waals surface area (Å²) >= 11 is 0. The lowest BCUT2D eigenvalue weighted by molar-refractivity contribution is -0.109. The van der Waals surface area contributed by atoms with E-state index in [2.05, 4.69) is 10.3 Å². The first kappa shape index (κ1) is 6.49. The van der Waals surface area contributed by atoms with E-state index < -0.39 is 0 Å². The van der Waals surface area contributed by atoms with Crippen molar-refractivity contribution in [1.82, 2.24) is 10.3 Å². The molecule has 1 aromatic heterocycles. The van der Waals surface area contributed by atoms with Gasteiger partial charge in [-0.2, -0.15) is 0 Å². The molecular weight excluding hydrogens is 140 g/mol. The second kappa shape index (κ2) is 2.43. The number of hydrogen-bond donors (Lipinski definition) is 1. The molecule has 0 aromatic carbocycles. The lowest BCUT2D eigenvalue weighted by Gasteiger charge is -1.99. The second-order valence-electron chi connectivity index (χ2n) is 2.57. The first-order chi connectivity index (χ1) is 5.42. The van der Waals surface area contributed by atoms with E-state index in [9.17, 15) is 4.79 Å². The Labute approximate surface area is 64.5 Å². The molecular formula is C8H8N2O. The average Bonchev–Trinajstić information content (AvgIpc) is 2.47. The monoisotopic (exact) mass is 148 g/mol. The van der Waals surface area contributed by atoms with Crippen LogP contribution in [0.25, 0.3) is 0 Å². The molecule has 0 spiro atoms. The van der Waals surface area contributed by atoms with Crippen LogP contribution >= 0.6 is 0 Å². The number of rotatable bonds is 1. The number of hydrogen-bond acceptors (Lipinski definition) is 3. The Balaban J connectivity index is 2.46. The van der Waals surface area contributed by atoms with E-state index in [1.54, 1.807) is 12.4 Å². The smallest absolute Gasteiger partial charge is 0.141 e. The Morgan fingerprint density at radius 1 is 1.73 bits per heavy atom. The molecule has 2 heterocycles. The predicted octanol–water partition coefficient (Wildman–Crippen LogP) is 0.425. The summed E-state index contributed by atoms with van der Waals surface area (Å²) in [6, 6.07) is 1.80. The summed E-state index contributed by atoms with van der Waals surface area (Å²) in [5.41, 5.74) is 2.19. The van der Waals surface area contributed by atoms with Crippen LogP contribution in [-0.2, 0) is 11.3 Å². The van der Waals surface area contributed by atoms with Gasteiger partial charge < -0.3 is 4.79 Å². The maximum Gasteiger partial charge on any atom is 0.141 e. The van der Waals surface area contributed by atoms with Crippen LogP contribution in [0.15, 0.2) is 18.5 Å². The fraction of sp³-hybridized carbons (Fsp3) is 0.250. The zero-order chi connectivity index (χ0) is 7.68. The van der Waals surface area contributed by atoms with Crippen molar-refractivity contribution in [2.75, 3.05) is 0 Å². The van der Waals surface area contributed by atoms with Crippen molar-refractivity contribution in [3.8, 4) is 0 Å². The fourth-order valence-corrected chi connectivity index (χ4v) is 1.33. The zero-order valence-electron chi connectivity index (χ0n) is 5.95. The van der Waals surface area contributed by atoms with E-state index >= 15 is 0 Å². The van der Waals surface area contributed by atoms with Crippen molar-refractivity contribution in [3.05, 3.63) is 29.6 Å². The summed E-state index contributed by atoms with van der Waals surface area (Å²) in [5.74, 6) is 0. The lowest BCUT2D eigenvalue weighted by Crippen LogP contribution is -2.12. The van der Waals surface area contributed by atoms with Crippen LogP contribution in [0, 0.1) is 0 Å². The van der Waals surface area contributed by atoms with Crippen molar-refractivity contribution >= 4 is 6.29 Å². The van der Waals surface area contributed by atoms with Gasteiger partial charge >= 0.3 is 0 Å². The fourth-order valence-electron chi connectivity index (χ4n) is 1.33. The Morgan fingerprint density at radius 3 is 3.45 bits per heavy atom. The Bertz CT molecular complexity index is 285. The summed E-state index contributed by atoms with van der Waals surface area (Å²) in [7, 11) is 0. The zero-order valence-corrected chi connectivity index (χ0v) is 5.95. The molecule has 1 aliphatic heterocycles. The van der Waals surface area contributed by atoms with Gasteiger partial charge in [-0.25, -0.2) is 0 Å². The highest BCUT2D eigenvalue weighted by Crippen LogP contribution is 2.21. The number of nitrogens with zero attached hydrogens (tertiary/aromatic N) is 1. The van der Waals surface area contributed by atoms with Gasteiger partial charge in [0.2, 0.25) is 0 Å². The minimum absolute atomic E-state index is 0.140. The second-order valence-corrected chi connectivity index (χ2v) is 2.57. The van der Waals surface area contributed by atoms with Crippen LogP contribution in [0.5, 0.6) is 0 Å². The van der Waals surface area contributed by atoms with Gasteiger partial charge in [0.1, 0.15) is 6.29 Å². The molecule has 3 heteroatoms. The maximum absolute atomic E-state index is 10.5. The van der Waals surface area contributed by atoms with Crippen LogP contribution in [0.3, 0.4) is 0 Å². The normalized spacial score (nSPS) is 21.3. The number of carbonyl (C=O) groups excluding carboxylic acids is 1. The summed E-state index contributed by atoms with van der Waals surface area (Å²) in [4.78, 5) is 14.4. The van der Waals surface area contributed by atoms with Crippen molar-refractivity contribution in [1.29, 1.82) is 0 Å². The average molecular weight is 148 g/mol. The first-order valence-electron chi connectivity index (χ1n) is 3.53. The van der Waals surface area contributed by atoms with Gasteiger partial charge in [-0.1, -0.05) is 0 Å². The topological polar surface area (TPSA) is 42.0 Å².